The highest BCUT2D eigenvalue weighted by Crippen LogP contribution is 2.23. The molecule has 0 amide bonds. The van der Waals surface area contributed by atoms with Crippen LogP contribution in [0.1, 0.15) is 12.5 Å². The van der Waals surface area contributed by atoms with Gasteiger partial charge in [-0.1, -0.05) is 12.1 Å². The van der Waals surface area contributed by atoms with E-state index in [9.17, 15) is 17.6 Å². The van der Waals surface area contributed by atoms with Gasteiger partial charge in [0.15, 0.2) is 0 Å². The molecular formula is C10H8F4. The van der Waals surface area contributed by atoms with Gasteiger partial charge in [-0.25, -0.2) is 4.39 Å². The van der Waals surface area contributed by atoms with E-state index in [1.54, 1.807) is 0 Å². The van der Waals surface area contributed by atoms with Gasteiger partial charge in [0, 0.05) is 6.08 Å². The maximum absolute atomic E-state index is 12.4. The first-order valence-electron chi connectivity index (χ1n) is 3.90. The van der Waals surface area contributed by atoms with Crippen molar-refractivity contribution >= 4 is 5.57 Å². The zero-order valence-corrected chi connectivity index (χ0v) is 7.40. The fourth-order valence-corrected chi connectivity index (χ4v) is 1.04. The number of allylic oxidation sites excluding steroid dienone is 2. The van der Waals surface area contributed by atoms with Crippen LogP contribution in [0.4, 0.5) is 17.6 Å². The number of hydrogen-bond acceptors (Lipinski definition) is 0. The third kappa shape index (κ3) is 3.20. The molecule has 0 aliphatic carbocycles. The molecule has 0 bridgehead atoms. The van der Waals surface area contributed by atoms with E-state index < -0.39 is 12.0 Å². The Morgan fingerprint density at radius 2 is 1.64 bits per heavy atom. The molecule has 0 unspecified atom stereocenters. The minimum absolute atomic E-state index is 0.0671. The second kappa shape index (κ2) is 3.82. The molecule has 0 nitrogen and oxygen atoms in total. The second-order valence-corrected chi connectivity index (χ2v) is 2.88. The summed E-state index contributed by atoms with van der Waals surface area (Å²) >= 11 is 0. The maximum atomic E-state index is 12.4. The van der Waals surface area contributed by atoms with Gasteiger partial charge in [0.05, 0.1) is 0 Å². The van der Waals surface area contributed by atoms with E-state index in [2.05, 4.69) is 0 Å². The Labute approximate surface area is 78.9 Å². The normalized spacial score (nSPS) is 13.1. The van der Waals surface area contributed by atoms with Crippen molar-refractivity contribution < 1.29 is 17.6 Å². The van der Waals surface area contributed by atoms with E-state index in [1.807, 2.05) is 0 Å². The molecule has 1 aromatic rings. The van der Waals surface area contributed by atoms with Gasteiger partial charge in [-0.15, -0.1) is 0 Å². The van der Waals surface area contributed by atoms with Crippen LogP contribution < -0.4 is 0 Å². The van der Waals surface area contributed by atoms with Crippen molar-refractivity contribution in [2.45, 2.75) is 13.1 Å². The lowest BCUT2D eigenvalue weighted by atomic mass is 10.1. The first kappa shape index (κ1) is 10.8. The first-order chi connectivity index (χ1) is 6.38. The van der Waals surface area contributed by atoms with E-state index >= 15 is 0 Å². The summed E-state index contributed by atoms with van der Waals surface area (Å²) in [4.78, 5) is 0. The van der Waals surface area contributed by atoms with Crippen LogP contribution in [0.5, 0.6) is 0 Å². The quantitative estimate of drug-likeness (QED) is 0.610. The lowest BCUT2D eigenvalue weighted by molar-refractivity contribution is -0.0793. The highest BCUT2D eigenvalue weighted by Gasteiger charge is 2.23. The molecule has 0 atom stereocenters. The van der Waals surface area contributed by atoms with Crippen LogP contribution in [0.15, 0.2) is 30.3 Å². The Bertz CT molecular complexity index is 332. The van der Waals surface area contributed by atoms with E-state index in [-0.39, 0.29) is 11.6 Å². The van der Waals surface area contributed by atoms with Gasteiger partial charge in [-0.3, -0.25) is 0 Å². The van der Waals surface area contributed by atoms with Gasteiger partial charge in [-0.2, -0.15) is 13.2 Å². The summed E-state index contributed by atoms with van der Waals surface area (Å²) < 4.78 is 48.2. The SMILES string of the molecule is C/C(=C/C(F)(F)F)c1ccc(F)cc1. The van der Waals surface area contributed by atoms with Crippen LogP contribution in [0.3, 0.4) is 0 Å². The summed E-state index contributed by atoms with van der Waals surface area (Å²) in [5.74, 6) is -0.464. The average molecular weight is 204 g/mol. The summed E-state index contributed by atoms with van der Waals surface area (Å²) in [5.41, 5.74) is 0.432. The minimum Gasteiger partial charge on any atom is -0.207 e. The van der Waals surface area contributed by atoms with Gasteiger partial charge in [0.1, 0.15) is 5.82 Å². The van der Waals surface area contributed by atoms with Crippen LogP contribution in [-0.2, 0) is 0 Å². The number of rotatable bonds is 1. The van der Waals surface area contributed by atoms with Crippen molar-refractivity contribution in [2.75, 3.05) is 0 Å². The fraction of sp³-hybridized carbons (Fsp3) is 0.200. The monoisotopic (exact) mass is 204 g/mol. The summed E-state index contributed by atoms with van der Waals surface area (Å²) in [6.07, 6.45) is -4.14. The first-order valence-corrected chi connectivity index (χ1v) is 3.90. The summed E-state index contributed by atoms with van der Waals surface area (Å²) in [6.45, 7) is 1.33. The summed E-state index contributed by atoms with van der Waals surface area (Å²) in [5, 5.41) is 0. The Balaban J connectivity index is 2.95. The van der Waals surface area contributed by atoms with Gasteiger partial charge in [0.25, 0.3) is 0 Å². The van der Waals surface area contributed by atoms with Crippen molar-refractivity contribution in [3.8, 4) is 0 Å². The van der Waals surface area contributed by atoms with Crippen LogP contribution >= 0.6 is 0 Å². The number of alkyl halides is 3. The standard InChI is InChI=1S/C10H8F4/c1-7(6-10(12,13)14)8-2-4-9(11)5-3-8/h2-6H,1H3/b7-6-. The fourth-order valence-electron chi connectivity index (χ4n) is 1.04. The molecule has 0 N–H and O–H groups in total. The van der Waals surface area contributed by atoms with Crippen molar-refractivity contribution in [2.24, 2.45) is 0 Å². The highest BCUT2D eigenvalue weighted by atomic mass is 19.4. The maximum Gasteiger partial charge on any atom is 0.410 e. The van der Waals surface area contributed by atoms with Crippen molar-refractivity contribution in [3.05, 3.63) is 41.7 Å². The Morgan fingerprint density at radius 3 is 2.07 bits per heavy atom. The van der Waals surface area contributed by atoms with Crippen LogP contribution in [0, 0.1) is 5.82 Å². The predicted octanol–water partition coefficient (Wildman–Crippen LogP) is 3.79. The van der Waals surface area contributed by atoms with Crippen molar-refractivity contribution in [1.82, 2.24) is 0 Å². The molecule has 0 saturated carbocycles. The molecule has 1 aromatic carbocycles. The van der Waals surface area contributed by atoms with Gasteiger partial charge < -0.3 is 0 Å². The van der Waals surface area contributed by atoms with Crippen LogP contribution in [0.25, 0.3) is 5.57 Å². The molecule has 0 saturated heterocycles. The molecule has 0 aliphatic heterocycles. The zero-order valence-electron chi connectivity index (χ0n) is 7.40. The molecule has 0 radical (unpaired) electrons. The van der Waals surface area contributed by atoms with E-state index in [4.69, 9.17) is 0 Å². The number of benzene rings is 1. The molecule has 1 rings (SSSR count). The molecule has 0 spiro atoms. The summed E-state index contributed by atoms with van der Waals surface area (Å²) in [6, 6.07) is 4.88. The lowest BCUT2D eigenvalue weighted by Crippen LogP contribution is -2.02. The zero-order chi connectivity index (χ0) is 10.8. The van der Waals surface area contributed by atoms with E-state index in [0.717, 1.165) is 12.1 Å². The van der Waals surface area contributed by atoms with E-state index in [1.165, 1.54) is 19.1 Å². The van der Waals surface area contributed by atoms with Gasteiger partial charge in [-0.05, 0) is 30.2 Å². The number of hydrogen-bond donors (Lipinski definition) is 0. The predicted molar refractivity (Wildman–Crippen MR) is 46.1 cm³/mol. The van der Waals surface area contributed by atoms with Gasteiger partial charge >= 0.3 is 6.18 Å². The third-order valence-corrected chi connectivity index (χ3v) is 1.68. The Kier molecular flexibility index (Phi) is 2.93. The van der Waals surface area contributed by atoms with Crippen molar-refractivity contribution in [1.29, 1.82) is 0 Å². The molecule has 0 aliphatic rings. The summed E-state index contributed by atoms with van der Waals surface area (Å²) in [7, 11) is 0. The molecule has 76 valence electrons. The molecule has 0 fully saturated rings. The smallest absolute Gasteiger partial charge is 0.207 e. The Morgan fingerprint density at radius 1 is 1.14 bits per heavy atom. The second-order valence-electron chi connectivity index (χ2n) is 2.88. The molecular weight excluding hydrogens is 196 g/mol. The topological polar surface area (TPSA) is 0 Å². The molecule has 14 heavy (non-hydrogen) atoms. The van der Waals surface area contributed by atoms with Crippen LogP contribution in [0.2, 0.25) is 0 Å². The highest BCUT2D eigenvalue weighted by molar-refractivity contribution is 5.64. The third-order valence-electron chi connectivity index (χ3n) is 1.68. The van der Waals surface area contributed by atoms with Crippen LogP contribution in [-0.4, -0.2) is 6.18 Å². The largest absolute Gasteiger partial charge is 0.410 e. The number of halogens is 4. The van der Waals surface area contributed by atoms with E-state index in [0.29, 0.717) is 5.56 Å². The molecule has 0 heterocycles. The van der Waals surface area contributed by atoms with Crippen molar-refractivity contribution in [3.63, 3.8) is 0 Å². The molecule has 0 aromatic heterocycles. The minimum atomic E-state index is -4.33. The lowest BCUT2D eigenvalue weighted by Gasteiger charge is -2.04. The van der Waals surface area contributed by atoms with Gasteiger partial charge in [0.2, 0.25) is 0 Å². The molecule has 4 heteroatoms. The Hall–Kier alpha value is -1.32. The average Bonchev–Trinajstić information content (AvgIpc) is 2.02.